The molecule has 0 saturated carbocycles. The van der Waals surface area contributed by atoms with E-state index in [0.29, 0.717) is 16.7 Å². The Morgan fingerprint density at radius 3 is 2.48 bits per heavy atom. The fraction of sp³-hybridized carbons (Fsp3) is 0.250. The van der Waals surface area contributed by atoms with Crippen molar-refractivity contribution >= 4 is 29.3 Å². The highest BCUT2D eigenvalue weighted by atomic mass is 35.5. The maximum Gasteiger partial charge on any atom is 0.316 e. The minimum Gasteiger partial charge on any atom is -0.460 e. The summed E-state index contributed by atoms with van der Waals surface area (Å²) in [5.74, 6) is 0.661. The second-order valence-electron chi connectivity index (χ2n) is 5.99. The van der Waals surface area contributed by atoms with Crippen LogP contribution in [0.1, 0.15) is 18.1 Å². The lowest BCUT2D eigenvalue weighted by molar-refractivity contribution is -0.141. The molecule has 1 aromatic heterocycles. The highest BCUT2D eigenvalue weighted by Crippen LogP contribution is 2.25. The first-order valence-corrected chi connectivity index (χ1v) is 9.96. The van der Waals surface area contributed by atoms with E-state index in [1.54, 1.807) is 0 Å². The van der Waals surface area contributed by atoms with Crippen LogP contribution in [0.4, 0.5) is 0 Å². The Morgan fingerprint density at radius 2 is 1.81 bits per heavy atom. The molecule has 2 aromatic carbocycles. The molecule has 27 heavy (non-hydrogen) atoms. The van der Waals surface area contributed by atoms with Gasteiger partial charge in [-0.2, -0.15) is 0 Å². The zero-order chi connectivity index (χ0) is 19.2. The molecule has 0 saturated heterocycles. The van der Waals surface area contributed by atoms with Gasteiger partial charge in [0, 0.05) is 17.1 Å². The number of hydrogen-bond acceptors (Lipinski definition) is 5. The second-order valence-corrected chi connectivity index (χ2v) is 7.37. The molecule has 0 bridgehead atoms. The highest BCUT2D eigenvalue weighted by Gasteiger charge is 2.15. The Labute approximate surface area is 167 Å². The third kappa shape index (κ3) is 5.11. The van der Waals surface area contributed by atoms with Crippen LogP contribution in [0.3, 0.4) is 0 Å². The first-order chi connectivity index (χ1) is 13.1. The summed E-state index contributed by atoms with van der Waals surface area (Å²) in [7, 11) is 0. The van der Waals surface area contributed by atoms with Crippen molar-refractivity contribution < 1.29 is 9.53 Å². The number of aromatic nitrogens is 3. The minimum atomic E-state index is -0.278. The lowest BCUT2D eigenvalue weighted by Gasteiger charge is -2.08. The van der Waals surface area contributed by atoms with Crippen molar-refractivity contribution in [3.8, 4) is 11.4 Å². The molecule has 7 heteroatoms. The van der Waals surface area contributed by atoms with Crippen LogP contribution in [-0.4, -0.2) is 26.5 Å². The molecule has 0 aliphatic carbocycles. The molecule has 0 unspecified atom stereocenters. The summed E-state index contributed by atoms with van der Waals surface area (Å²) in [5.41, 5.74) is 3.08. The van der Waals surface area contributed by atoms with Crippen LogP contribution < -0.4 is 0 Å². The largest absolute Gasteiger partial charge is 0.460 e. The van der Waals surface area contributed by atoms with Crippen LogP contribution in [0.25, 0.3) is 11.4 Å². The Bertz CT molecular complexity index is 908. The SMILES string of the molecule is CCn1c(SCC(=O)OCc2ccc(C)cc2)nnc1-c1ccc(Cl)cc1. The molecule has 5 nitrogen and oxygen atoms in total. The molecule has 0 N–H and O–H groups in total. The molecule has 140 valence electrons. The Balaban J connectivity index is 1.59. The van der Waals surface area contributed by atoms with Crippen LogP contribution in [-0.2, 0) is 22.7 Å². The Hall–Kier alpha value is -2.31. The molecule has 0 radical (unpaired) electrons. The number of carbonyl (C=O) groups is 1. The number of aryl methyl sites for hydroxylation is 1. The summed E-state index contributed by atoms with van der Waals surface area (Å²) in [6.07, 6.45) is 0. The number of nitrogens with zero attached hydrogens (tertiary/aromatic N) is 3. The van der Waals surface area contributed by atoms with Gasteiger partial charge in [0.2, 0.25) is 0 Å². The number of benzene rings is 2. The van der Waals surface area contributed by atoms with Gasteiger partial charge in [-0.25, -0.2) is 0 Å². The van der Waals surface area contributed by atoms with Gasteiger partial charge in [0.15, 0.2) is 11.0 Å². The maximum absolute atomic E-state index is 12.1. The van der Waals surface area contributed by atoms with Gasteiger partial charge in [-0.1, -0.05) is 53.2 Å². The molecule has 3 aromatic rings. The molecule has 0 aliphatic heterocycles. The van der Waals surface area contributed by atoms with E-state index < -0.39 is 0 Å². The number of halogens is 1. The number of ether oxygens (including phenoxy) is 1. The summed E-state index contributed by atoms with van der Waals surface area (Å²) in [6.45, 7) is 5.01. The van der Waals surface area contributed by atoms with Gasteiger partial charge < -0.3 is 9.30 Å². The van der Waals surface area contributed by atoms with Crippen LogP contribution in [0.2, 0.25) is 5.02 Å². The smallest absolute Gasteiger partial charge is 0.316 e. The molecule has 0 amide bonds. The molecular weight excluding hydrogens is 382 g/mol. The lowest BCUT2D eigenvalue weighted by atomic mass is 10.2. The molecule has 3 rings (SSSR count). The van der Waals surface area contributed by atoms with E-state index in [2.05, 4.69) is 10.2 Å². The number of esters is 1. The molecule has 0 atom stereocenters. The number of rotatable bonds is 7. The van der Waals surface area contributed by atoms with Gasteiger partial charge in [0.05, 0.1) is 5.75 Å². The fourth-order valence-corrected chi connectivity index (χ4v) is 3.43. The van der Waals surface area contributed by atoms with Crippen molar-refractivity contribution in [2.24, 2.45) is 0 Å². The average Bonchev–Trinajstić information content (AvgIpc) is 3.09. The van der Waals surface area contributed by atoms with Crippen LogP contribution >= 0.6 is 23.4 Å². The maximum atomic E-state index is 12.1. The Morgan fingerprint density at radius 1 is 1.11 bits per heavy atom. The van der Waals surface area contributed by atoms with Gasteiger partial charge in [-0.05, 0) is 43.7 Å². The molecule has 1 heterocycles. The van der Waals surface area contributed by atoms with E-state index in [0.717, 1.165) is 17.0 Å². The summed E-state index contributed by atoms with van der Waals surface area (Å²) in [4.78, 5) is 12.1. The highest BCUT2D eigenvalue weighted by molar-refractivity contribution is 7.99. The quantitative estimate of drug-likeness (QED) is 0.422. The zero-order valence-electron chi connectivity index (χ0n) is 15.2. The van der Waals surface area contributed by atoms with Crippen molar-refractivity contribution in [3.63, 3.8) is 0 Å². The number of carbonyl (C=O) groups excluding carboxylic acids is 1. The molecule has 0 spiro atoms. The van der Waals surface area contributed by atoms with Crippen LogP contribution in [0.5, 0.6) is 0 Å². The first kappa shape index (κ1) is 19.5. The number of thioether (sulfide) groups is 1. The van der Waals surface area contributed by atoms with Crippen molar-refractivity contribution in [2.45, 2.75) is 32.2 Å². The third-order valence-corrected chi connectivity index (χ3v) is 5.17. The van der Waals surface area contributed by atoms with Crippen LogP contribution in [0.15, 0.2) is 53.7 Å². The molecule has 0 aliphatic rings. The van der Waals surface area contributed by atoms with E-state index in [4.69, 9.17) is 16.3 Å². The van der Waals surface area contributed by atoms with Crippen molar-refractivity contribution in [3.05, 3.63) is 64.7 Å². The third-order valence-electron chi connectivity index (χ3n) is 3.98. The predicted octanol–water partition coefficient (Wildman–Crippen LogP) is 4.76. The van der Waals surface area contributed by atoms with E-state index in [1.807, 2.05) is 66.9 Å². The minimum absolute atomic E-state index is 0.185. The molecule has 0 fully saturated rings. The van der Waals surface area contributed by atoms with E-state index in [1.165, 1.54) is 17.3 Å². The van der Waals surface area contributed by atoms with E-state index in [9.17, 15) is 4.79 Å². The van der Waals surface area contributed by atoms with E-state index in [-0.39, 0.29) is 18.3 Å². The fourth-order valence-electron chi connectivity index (χ4n) is 2.51. The van der Waals surface area contributed by atoms with Gasteiger partial charge in [-0.15, -0.1) is 10.2 Å². The second kappa shape index (κ2) is 9.06. The number of hydrogen-bond donors (Lipinski definition) is 0. The topological polar surface area (TPSA) is 57.0 Å². The van der Waals surface area contributed by atoms with Crippen molar-refractivity contribution in [2.75, 3.05) is 5.75 Å². The summed E-state index contributed by atoms with van der Waals surface area (Å²) in [6, 6.07) is 15.4. The van der Waals surface area contributed by atoms with Crippen molar-refractivity contribution in [1.82, 2.24) is 14.8 Å². The lowest BCUT2D eigenvalue weighted by Crippen LogP contribution is -2.08. The van der Waals surface area contributed by atoms with Crippen molar-refractivity contribution in [1.29, 1.82) is 0 Å². The standard InChI is InChI=1S/C20H20ClN3O2S/c1-3-24-19(16-8-10-17(21)11-9-16)22-23-20(24)27-13-18(25)26-12-15-6-4-14(2)5-7-15/h4-11H,3,12-13H2,1-2H3. The Kier molecular flexibility index (Phi) is 6.53. The summed E-state index contributed by atoms with van der Waals surface area (Å²) >= 11 is 7.27. The van der Waals surface area contributed by atoms with Gasteiger partial charge in [-0.3, -0.25) is 4.79 Å². The zero-order valence-corrected chi connectivity index (χ0v) is 16.8. The summed E-state index contributed by atoms with van der Waals surface area (Å²) < 4.78 is 7.31. The first-order valence-electron chi connectivity index (χ1n) is 8.60. The van der Waals surface area contributed by atoms with E-state index >= 15 is 0 Å². The average molecular weight is 402 g/mol. The van der Waals surface area contributed by atoms with Crippen LogP contribution in [0, 0.1) is 6.92 Å². The predicted molar refractivity (Wildman–Crippen MR) is 108 cm³/mol. The normalized spacial score (nSPS) is 10.8. The summed E-state index contributed by atoms with van der Waals surface area (Å²) in [5, 5.41) is 9.85. The monoisotopic (exact) mass is 401 g/mol. The molecular formula is C20H20ClN3O2S. The van der Waals surface area contributed by atoms with Gasteiger partial charge in [0.25, 0.3) is 0 Å². The van der Waals surface area contributed by atoms with Gasteiger partial charge >= 0.3 is 5.97 Å². The van der Waals surface area contributed by atoms with Gasteiger partial charge in [0.1, 0.15) is 6.61 Å².